The Morgan fingerprint density at radius 1 is 1.40 bits per heavy atom. The number of nitrogens with one attached hydrogen (secondary N) is 1. The lowest BCUT2D eigenvalue weighted by molar-refractivity contribution is -0.120. The minimum Gasteiger partial charge on any atom is -0.384 e. The summed E-state index contributed by atoms with van der Waals surface area (Å²) in [5.41, 5.74) is 4.16. The number of nitrogens with zero attached hydrogens (tertiary/aromatic N) is 1. The first-order valence-corrected chi connectivity index (χ1v) is 7.84. The lowest BCUT2D eigenvalue weighted by atomic mass is 10.0. The number of thioether (sulfide) groups is 1. The molecule has 20 heavy (non-hydrogen) atoms. The molecule has 1 N–H and O–H groups in total. The van der Waals surface area contributed by atoms with E-state index in [4.69, 9.17) is 27.9 Å². The van der Waals surface area contributed by atoms with E-state index in [-0.39, 0.29) is 11.2 Å². The van der Waals surface area contributed by atoms with Gasteiger partial charge in [0.1, 0.15) is 0 Å². The van der Waals surface area contributed by atoms with Crippen molar-refractivity contribution in [3.05, 3.63) is 33.8 Å². The number of amides is 1. The van der Waals surface area contributed by atoms with E-state index in [9.17, 15) is 4.79 Å². The van der Waals surface area contributed by atoms with Crippen LogP contribution in [0.4, 0.5) is 0 Å². The number of hydrogen-bond acceptors (Lipinski definition) is 4. The first-order valence-electron chi connectivity index (χ1n) is 6.03. The molecule has 0 saturated heterocycles. The van der Waals surface area contributed by atoms with Crippen molar-refractivity contribution in [1.29, 1.82) is 0 Å². The van der Waals surface area contributed by atoms with Gasteiger partial charge in [-0.3, -0.25) is 4.79 Å². The number of halogens is 2. The van der Waals surface area contributed by atoms with Crippen molar-refractivity contribution < 1.29 is 9.53 Å². The van der Waals surface area contributed by atoms with Gasteiger partial charge in [0, 0.05) is 34.9 Å². The topological polar surface area (TPSA) is 50.7 Å². The third-order valence-corrected chi connectivity index (χ3v) is 4.40. The van der Waals surface area contributed by atoms with E-state index in [2.05, 4.69) is 10.5 Å². The molecule has 0 radical (unpaired) electrons. The van der Waals surface area contributed by atoms with E-state index >= 15 is 0 Å². The van der Waals surface area contributed by atoms with E-state index in [0.29, 0.717) is 23.1 Å². The zero-order valence-electron chi connectivity index (χ0n) is 10.9. The van der Waals surface area contributed by atoms with Crippen molar-refractivity contribution in [2.24, 2.45) is 5.10 Å². The van der Waals surface area contributed by atoms with Crippen LogP contribution in [0.5, 0.6) is 0 Å². The maximum Gasteiger partial charge on any atom is 0.253 e. The summed E-state index contributed by atoms with van der Waals surface area (Å²) in [6.45, 7) is 0.615. The van der Waals surface area contributed by atoms with Crippen LogP contribution in [-0.2, 0) is 9.53 Å². The number of methoxy groups -OCH3 is 1. The van der Waals surface area contributed by atoms with Gasteiger partial charge in [0.05, 0.1) is 17.6 Å². The van der Waals surface area contributed by atoms with Crippen LogP contribution < -0.4 is 5.43 Å². The van der Waals surface area contributed by atoms with Crippen molar-refractivity contribution in [3.8, 4) is 0 Å². The van der Waals surface area contributed by atoms with Gasteiger partial charge in [-0.25, -0.2) is 5.43 Å². The number of carbonyl (C=O) groups excluding carboxylic acids is 1. The molecule has 0 aliphatic carbocycles. The normalized spacial score (nSPS) is 18.6. The molecule has 1 amide bonds. The third-order valence-electron chi connectivity index (χ3n) is 2.77. The predicted octanol–water partition coefficient (Wildman–Crippen LogP) is 2.97. The van der Waals surface area contributed by atoms with Crippen LogP contribution >= 0.6 is 35.0 Å². The molecule has 0 bridgehead atoms. The van der Waals surface area contributed by atoms with Crippen LogP contribution in [0.25, 0.3) is 0 Å². The second kappa shape index (κ2) is 7.31. The predicted molar refractivity (Wildman–Crippen MR) is 83.9 cm³/mol. The molecule has 4 nitrogen and oxygen atoms in total. The van der Waals surface area contributed by atoms with Crippen molar-refractivity contribution in [2.75, 3.05) is 19.5 Å². The van der Waals surface area contributed by atoms with Gasteiger partial charge < -0.3 is 4.74 Å². The van der Waals surface area contributed by atoms with Gasteiger partial charge in [-0.2, -0.15) is 5.10 Å². The van der Waals surface area contributed by atoms with E-state index in [1.54, 1.807) is 37.1 Å². The highest BCUT2D eigenvalue weighted by Crippen LogP contribution is 2.25. The quantitative estimate of drug-likeness (QED) is 0.843. The van der Waals surface area contributed by atoms with E-state index in [1.165, 1.54) is 0 Å². The van der Waals surface area contributed by atoms with Gasteiger partial charge in [0.25, 0.3) is 5.91 Å². The Balaban J connectivity index is 2.11. The highest BCUT2D eigenvalue weighted by molar-refractivity contribution is 8.00. The number of ether oxygens (including phenoxy) is 1. The molecule has 1 heterocycles. The third kappa shape index (κ3) is 4.12. The lowest BCUT2D eigenvalue weighted by Gasteiger charge is -2.21. The molecule has 1 aromatic carbocycles. The van der Waals surface area contributed by atoms with E-state index in [1.807, 2.05) is 0 Å². The van der Waals surface area contributed by atoms with Gasteiger partial charge in [-0.15, -0.1) is 11.8 Å². The largest absolute Gasteiger partial charge is 0.384 e. The van der Waals surface area contributed by atoms with Gasteiger partial charge in [-0.1, -0.05) is 23.2 Å². The SMILES string of the molecule is COCCSC1CC(c2cc(Cl)cc(Cl)c2)=NNC1=O. The second-order valence-electron chi connectivity index (χ2n) is 4.25. The molecule has 1 aliphatic rings. The molecule has 0 spiro atoms. The summed E-state index contributed by atoms with van der Waals surface area (Å²) in [6.07, 6.45) is 0.552. The smallest absolute Gasteiger partial charge is 0.253 e. The molecular formula is C13H14Cl2N2O2S. The molecule has 0 saturated carbocycles. The van der Waals surface area contributed by atoms with Gasteiger partial charge in [-0.05, 0) is 18.2 Å². The van der Waals surface area contributed by atoms with Crippen LogP contribution in [0.3, 0.4) is 0 Å². The Hall–Kier alpha value is -0.750. The molecular weight excluding hydrogens is 319 g/mol. The number of rotatable bonds is 5. The van der Waals surface area contributed by atoms with Crippen molar-refractivity contribution in [1.82, 2.24) is 5.43 Å². The highest BCUT2D eigenvalue weighted by atomic mass is 35.5. The Kier molecular flexibility index (Phi) is 5.72. The van der Waals surface area contributed by atoms with Gasteiger partial charge >= 0.3 is 0 Å². The number of hydrazone groups is 1. The summed E-state index contributed by atoms with van der Waals surface area (Å²) in [4.78, 5) is 11.8. The molecule has 108 valence electrons. The fraction of sp³-hybridized carbons (Fsp3) is 0.385. The minimum absolute atomic E-state index is 0.0806. The zero-order valence-corrected chi connectivity index (χ0v) is 13.2. The van der Waals surface area contributed by atoms with Crippen LogP contribution in [-0.4, -0.2) is 36.3 Å². The van der Waals surface area contributed by atoms with Crippen LogP contribution in [0, 0.1) is 0 Å². The van der Waals surface area contributed by atoms with E-state index < -0.39 is 0 Å². The molecule has 2 rings (SSSR count). The van der Waals surface area contributed by atoms with Crippen molar-refractivity contribution in [3.63, 3.8) is 0 Å². The first kappa shape index (κ1) is 15.6. The first-order chi connectivity index (χ1) is 9.60. The maximum atomic E-state index is 11.8. The number of hydrogen-bond donors (Lipinski definition) is 1. The number of carbonyl (C=O) groups is 1. The van der Waals surface area contributed by atoms with Crippen molar-refractivity contribution in [2.45, 2.75) is 11.7 Å². The molecule has 1 aromatic rings. The maximum absolute atomic E-state index is 11.8. The average molecular weight is 333 g/mol. The fourth-order valence-corrected chi connectivity index (χ4v) is 3.37. The van der Waals surface area contributed by atoms with Crippen LogP contribution in [0.2, 0.25) is 10.0 Å². The molecule has 0 aromatic heterocycles. The zero-order chi connectivity index (χ0) is 14.5. The summed E-state index contributed by atoms with van der Waals surface area (Å²) in [7, 11) is 1.64. The van der Waals surface area contributed by atoms with Gasteiger partial charge in [0.15, 0.2) is 0 Å². The monoisotopic (exact) mass is 332 g/mol. The standard InChI is InChI=1S/C13H14Cl2N2O2S/c1-19-2-3-20-12-7-11(16-17-13(12)18)8-4-9(14)6-10(15)5-8/h4-6,12H,2-3,7H2,1H3,(H,17,18). The Bertz CT molecular complexity index is 517. The Morgan fingerprint density at radius 3 is 2.75 bits per heavy atom. The lowest BCUT2D eigenvalue weighted by Crippen LogP contribution is -2.37. The highest BCUT2D eigenvalue weighted by Gasteiger charge is 2.26. The van der Waals surface area contributed by atoms with Crippen molar-refractivity contribution >= 4 is 46.6 Å². The molecule has 1 unspecified atom stereocenters. The molecule has 7 heteroatoms. The summed E-state index contributed by atoms with van der Waals surface area (Å²) < 4.78 is 4.99. The molecule has 1 aliphatic heterocycles. The Labute approximate surface area is 131 Å². The molecule has 0 fully saturated rings. The van der Waals surface area contributed by atoms with Gasteiger partial charge in [0.2, 0.25) is 0 Å². The minimum atomic E-state index is -0.171. The summed E-state index contributed by atoms with van der Waals surface area (Å²) in [6, 6.07) is 5.25. The fourth-order valence-electron chi connectivity index (χ4n) is 1.82. The second-order valence-corrected chi connectivity index (χ2v) is 6.43. The summed E-state index contributed by atoms with van der Waals surface area (Å²) in [5, 5.41) is 5.03. The number of benzene rings is 1. The average Bonchev–Trinajstić information content (AvgIpc) is 2.40. The van der Waals surface area contributed by atoms with E-state index in [0.717, 1.165) is 17.0 Å². The van der Waals surface area contributed by atoms with Crippen LogP contribution in [0.15, 0.2) is 23.3 Å². The summed E-state index contributed by atoms with van der Waals surface area (Å²) >= 11 is 13.5. The van der Waals surface area contributed by atoms with Crippen LogP contribution in [0.1, 0.15) is 12.0 Å². The summed E-state index contributed by atoms with van der Waals surface area (Å²) in [5.74, 6) is 0.681. The molecule has 1 atom stereocenters. The Morgan fingerprint density at radius 2 is 2.10 bits per heavy atom.